The van der Waals surface area contributed by atoms with Crippen LogP contribution in [-0.4, -0.2) is 12.5 Å². The van der Waals surface area contributed by atoms with Crippen LogP contribution in [0.1, 0.15) is 34.0 Å². The molecular formula is C16H18BrNO2S. The molecule has 1 amide bonds. The lowest BCUT2D eigenvalue weighted by atomic mass is 10.2. The number of nitrogens with one attached hydrogen (secondary N) is 1. The number of aryl methyl sites for hydroxylation is 1. The first-order valence-electron chi connectivity index (χ1n) is 6.89. The molecule has 0 spiro atoms. The van der Waals surface area contributed by atoms with Crippen LogP contribution < -0.4 is 10.1 Å². The largest absolute Gasteiger partial charge is 0.494 e. The summed E-state index contributed by atoms with van der Waals surface area (Å²) in [5.41, 5.74) is 1.81. The monoisotopic (exact) mass is 367 g/mol. The van der Waals surface area contributed by atoms with E-state index in [9.17, 15) is 4.79 Å². The van der Waals surface area contributed by atoms with Crippen LogP contribution in [0, 0.1) is 0 Å². The van der Waals surface area contributed by atoms with E-state index < -0.39 is 0 Å². The van der Waals surface area contributed by atoms with Gasteiger partial charge in [0.1, 0.15) is 5.75 Å². The SMILES string of the molecule is CCOc1ccc(NC(=O)c2ccc(CC)s2)cc1CBr. The summed E-state index contributed by atoms with van der Waals surface area (Å²) in [6.45, 7) is 4.67. The fraction of sp³-hybridized carbons (Fsp3) is 0.312. The average Bonchev–Trinajstić information content (AvgIpc) is 2.98. The number of rotatable bonds is 6. The molecule has 0 aliphatic rings. The quantitative estimate of drug-likeness (QED) is 0.740. The van der Waals surface area contributed by atoms with Gasteiger partial charge in [-0.05, 0) is 43.7 Å². The zero-order valence-electron chi connectivity index (χ0n) is 12.1. The van der Waals surface area contributed by atoms with Crippen molar-refractivity contribution in [3.05, 3.63) is 45.6 Å². The third-order valence-corrected chi connectivity index (χ3v) is 4.83. The molecule has 0 atom stereocenters. The number of carbonyl (C=O) groups excluding carboxylic acids is 1. The Morgan fingerprint density at radius 1 is 1.29 bits per heavy atom. The van der Waals surface area contributed by atoms with Crippen molar-refractivity contribution in [3.63, 3.8) is 0 Å². The molecule has 1 heterocycles. The Bertz CT molecular complexity index is 624. The van der Waals surface area contributed by atoms with Crippen molar-refractivity contribution >= 4 is 38.9 Å². The standard InChI is InChI=1S/C16H18BrNO2S/c1-3-13-6-8-15(21-13)16(19)18-12-5-7-14(20-4-2)11(9-12)10-17/h5-9H,3-4,10H2,1-2H3,(H,18,19). The van der Waals surface area contributed by atoms with Gasteiger partial charge in [-0.3, -0.25) is 4.79 Å². The third-order valence-electron chi connectivity index (χ3n) is 3.00. The highest BCUT2D eigenvalue weighted by Crippen LogP contribution is 2.26. The van der Waals surface area contributed by atoms with Crippen LogP contribution in [0.5, 0.6) is 5.75 Å². The van der Waals surface area contributed by atoms with E-state index in [4.69, 9.17) is 4.74 Å². The second-order valence-electron chi connectivity index (χ2n) is 4.46. The van der Waals surface area contributed by atoms with Gasteiger partial charge in [0.25, 0.3) is 5.91 Å². The van der Waals surface area contributed by atoms with Crippen LogP contribution in [0.15, 0.2) is 30.3 Å². The number of hydrogen-bond acceptors (Lipinski definition) is 3. The second-order valence-corrected chi connectivity index (χ2v) is 6.19. The Balaban J connectivity index is 2.13. The first-order valence-corrected chi connectivity index (χ1v) is 8.83. The number of hydrogen-bond donors (Lipinski definition) is 1. The fourth-order valence-electron chi connectivity index (χ4n) is 1.94. The van der Waals surface area contributed by atoms with Crippen LogP contribution in [0.3, 0.4) is 0 Å². The number of alkyl halides is 1. The van der Waals surface area contributed by atoms with E-state index >= 15 is 0 Å². The number of thiophene rings is 1. The van der Waals surface area contributed by atoms with E-state index in [-0.39, 0.29) is 5.91 Å². The van der Waals surface area contributed by atoms with Gasteiger partial charge in [-0.25, -0.2) is 0 Å². The van der Waals surface area contributed by atoms with Crippen molar-refractivity contribution in [3.8, 4) is 5.75 Å². The predicted molar refractivity (Wildman–Crippen MR) is 91.9 cm³/mol. The summed E-state index contributed by atoms with van der Waals surface area (Å²) >= 11 is 4.98. The lowest BCUT2D eigenvalue weighted by Crippen LogP contribution is -2.10. The molecule has 0 aliphatic carbocycles. The highest BCUT2D eigenvalue weighted by atomic mass is 79.9. The molecular weight excluding hydrogens is 350 g/mol. The van der Waals surface area contributed by atoms with Crippen LogP contribution in [-0.2, 0) is 11.8 Å². The maximum Gasteiger partial charge on any atom is 0.265 e. The highest BCUT2D eigenvalue weighted by Gasteiger charge is 2.10. The Hall–Kier alpha value is -1.33. The zero-order valence-corrected chi connectivity index (χ0v) is 14.5. The van der Waals surface area contributed by atoms with Gasteiger partial charge < -0.3 is 10.1 Å². The van der Waals surface area contributed by atoms with Crippen molar-refractivity contribution in [2.24, 2.45) is 0 Å². The van der Waals surface area contributed by atoms with E-state index in [1.165, 1.54) is 16.2 Å². The lowest BCUT2D eigenvalue weighted by Gasteiger charge is -2.11. The number of carbonyl (C=O) groups is 1. The maximum atomic E-state index is 12.2. The molecule has 0 unspecified atom stereocenters. The van der Waals surface area contributed by atoms with Gasteiger partial charge in [-0.15, -0.1) is 11.3 Å². The van der Waals surface area contributed by atoms with Crippen molar-refractivity contribution in [2.75, 3.05) is 11.9 Å². The molecule has 5 heteroatoms. The van der Waals surface area contributed by atoms with Gasteiger partial charge in [0.05, 0.1) is 11.5 Å². The van der Waals surface area contributed by atoms with Crippen molar-refractivity contribution < 1.29 is 9.53 Å². The molecule has 2 rings (SSSR count). The summed E-state index contributed by atoms with van der Waals surface area (Å²) < 4.78 is 5.55. The van der Waals surface area contributed by atoms with E-state index in [2.05, 4.69) is 28.2 Å². The summed E-state index contributed by atoms with van der Waals surface area (Å²) in [7, 11) is 0. The van der Waals surface area contributed by atoms with Crippen molar-refractivity contribution in [2.45, 2.75) is 25.6 Å². The minimum Gasteiger partial charge on any atom is -0.494 e. The summed E-state index contributed by atoms with van der Waals surface area (Å²) in [4.78, 5) is 14.2. The highest BCUT2D eigenvalue weighted by molar-refractivity contribution is 9.08. The van der Waals surface area contributed by atoms with E-state index in [0.29, 0.717) is 11.9 Å². The van der Waals surface area contributed by atoms with Gasteiger partial charge in [-0.1, -0.05) is 22.9 Å². The Morgan fingerprint density at radius 2 is 2.10 bits per heavy atom. The van der Waals surface area contributed by atoms with Crippen LogP contribution in [0.2, 0.25) is 0 Å². The number of benzene rings is 1. The minimum absolute atomic E-state index is 0.0654. The summed E-state index contributed by atoms with van der Waals surface area (Å²) in [6, 6.07) is 9.57. The van der Waals surface area contributed by atoms with Gasteiger partial charge >= 0.3 is 0 Å². The Labute approximate surface area is 137 Å². The van der Waals surface area contributed by atoms with E-state index in [0.717, 1.165) is 28.3 Å². The normalized spacial score (nSPS) is 10.4. The average molecular weight is 368 g/mol. The van der Waals surface area contributed by atoms with Gasteiger partial charge in [-0.2, -0.15) is 0 Å². The second kappa shape index (κ2) is 7.61. The molecule has 0 bridgehead atoms. The topological polar surface area (TPSA) is 38.3 Å². The molecule has 21 heavy (non-hydrogen) atoms. The van der Waals surface area contributed by atoms with Crippen LogP contribution in [0.4, 0.5) is 5.69 Å². The van der Waals surface area contributed by atoms with Crippen molar-refractivity contribution in [1.82, 2.24) is 0 Å². The van der Waals surface area contributed by atoms with Gasteiger partial charge in [0, 0.05) is 21.5 Å². The predicted octanol–water partition coefficient (Wildman–Crippen LogP) is 4.86. The molecule has 1 aromatic carbocycles. The number of anilines is 1. The van der Waals surface area contributed by atoms with Crippen LogP contribution in [0.25, 0.3) is 0 Å². The first kappa shape index (κ1) is 16.0. The summed E-state index contributed by atoms with van der Waals surface area (Å²) in [5, 5.41) is 3.62. The third kappa shape index (κ3) is 4.08. The summed E-state index contributed by atoms with van der Waals surface area (Å²) in [6.07, 6.45) is 0.953. The van der Waals surface area contributed by atoms with Gasteiger partial charge in [0.2, 0.25) is 0 Å². The molecule has 0 fully saturated rings. The molecule has 0 radical (unpaired) electrons. The molecule has 0 saturated carbocycles. The summed E-state index contributed by atoms with van der Waals surface area (Å²) in [5.74, 6) is 0.779. The molecule has 112 valence electrons. The molecule has 1 aromatic heterocycles. The Morgan fingerprint density at radius 3 is 2.71 bits per heavy atom. The van der Waals surface area contributed by atoms with Crippen LogP contribution >= 0.6 is 27.3 Å². The molecule has 3 nitrogen and oxygen atoms in total. The van der Waals surface area contributed by atoms with E-state index in [1.807, 2.05) is 37.3 Å². The minimum atomic E-state index is -0.0654. The first-order chi connectivity index (χ1) is 10.2. The fourth-order valence-corrected chi connectivity index (χ4v) is 3.22. The maximum absolute atomic E-state index is 12.2. The molecule has 2 aromatic rings. The number of halogens is 1. The molecule has 0 aliphatic heterocycles. The van der Waals surface area contributed by atoms with Gasteiger partial charge in [0.15, 0.2) is 0 Å². The molecule has 1 N–H and O–H groups in total. The Kier molecular flexibility index (Phi) is 5.82. The number of ether oxygens (including phenoxy) is 1. The van der Waals surface area contributed by atoms with Crippen molar-refractivity contribution in [1.29, 1.82) is 0 Å². The van der Waals surface area contributed by atoms with E-state index in [1.54, 1.807) is 0 Å². The number of amides is 1. The lowest BCUT2D eigenvalue weighted by molar-refractivity contribution is 0.103. The zero-order chi connectivity index (χ0) is 15.2. The molecule has 0 saturated heterocycles. The smallest absolute Gasteiger partial charge is 0.265 e.